The number of aliphatic hydroxyl groups is 1. The van der Waals surface area contributed by atoms with Crippen LogP contribution in [0.4, 0.5) is 0 Å². The monoisotopic (exact) mass is 1250 g/mol. The molecule has 3 aliphatic rings. The van der Waals surface area contributed by atoms with Crippen molar-refractivity contribution in [1.29, 1.82) is 0 Å². The largest absolute Gasteiger partial charge is 0.480 e. The summed E-state index contributed by atoms with van der Waals surface area (Å²) in [5.41, 5.74) is 28.2. The highest BCUT2D eigenvalue weighted by Gasteiger charge is 2.45. The van der Waals surface area contributed by atoms with E-state index in [1.54, 1.807) is 27.7 Å². The summed E-state index contributed by atoms with van der Waals surface area (Å²) < 4.78 is 0. The molecule has 3 aliphatic heterocycles. The number of nitrogens with one attached hydrogen (secondary N) is 7. The summed E-state index contributed by atoms with van der Waals surface area (Å²) in [6.07, 6.45) is 3.78. The van der Waals surface area contributed by atoms with Crippen molar-refractivity contribution in [1.82, 2.24) is 51.9 Å². The Hall–Kier alpha value is -7.02. The van der Waals surface area contributed by atoms with Crippen molar-refractivity contribution in [2.24, 2.45) is 56.4 Å². The van der Waals surface area contributed by atoms with Gasteiger partial charge in [0, 0.05) is 32.7 Å². The fourth-order valence-electron chi connectivity index (χ4n) is 10.7. The number of hydrogen-bond acceptors (Lipinski definition) is 16. The molecule has 3 rings (SSSR count). The minimum atomic E-state index is -1.60. The number of carbonyl (C=O) groups is 11. The number of rotatable bonds is 35. The van der Waals surface area contributed by atoms with Crippen molar-refractivity contribution >= 4 is 88.7 Å². The minimum Gasteiger partial charge on any atom is -0.480 e. The number of carbonyl (C=O) groups excluding carboxylic acids is 10. The van der Waals surface area contributed by atoms with Crippen LogP contribution in [0.3, 0.4) is 0 Å². The van der Waals surface area contributed by atoms with Crippen LogP contribution in [-0.2, 0) is 52.7 Å². The van der Waals surface area contributed by atoms with Gasteiger partial charge in [0.25, 0.3) is 0 Å². The van der Waals surface area contributed by atoms with Gasteiger partial charge in [0.1, 0.15) is 60.4 Å². The summed E-state index contributed by atoms with van der Waals surface area (Å²) in [6.45, 7) is 13.9. The van der Waals surface area contributed by atoms with Crippen molar-refractivity contribution in [3.05, 3.63) is 0 Å². The predicted molar refractivity (Wildman–Crippen MR) is 327 cm³/mol. The highest BCUT2D eigenvalue weighted by molar-refractivity contribution is 7.98. The number of nitrogens with zero attached hydrogens (tertiary/aromatic N) is 5. The van der Waals surface area contributed by atoms with E-state index in [9.17, 15) is 63.0 Å². The zero-order valence-electron chi connectivity index (χ0n) is 52.0. The molecule has 3 saturated heterocycles. The topological polar surface area (TPSA) is 477 Å². The highest BCUT2D eigenvalue weighted by atomic mass is 32.2. The maximum Gasteiger partial charge on any atom is 0.326 e. The van der Waals surface area contributed by atoms with Crippen LogP contribution >= 0.6 is 11.8 Å². The van der Waals surface area contributed by atoms with E-state index in [0.29, 0.717) is 50.7 Å². The normalized spacial score (nSPS) is 20.1. The molecule has 0 aromatic rings. The number of aliphatic carboxylic acids is 1. The summed E-state index contributed by atoms with van der Waals surface area (Å²) in [6, 6.07) is -13.1. The number of likely N-dealkylation sites (tertiary alicyclic amines) is 3. The van der Waals surface area contributed by atoms with Gasteiger partial charge in [-0.1, -0.05) is 48.0 Å². The van der Waals surface area contributed by atoms with E-state index < -0.39 is 149 Å². The zero-order valence-corrected chi connectivity index (χ0v) is 52.8. The van der Waals surface area contributed by atoms with Crippen molar-refractivity contribution < 1.29 is 63.0 Å². The van der Waals surface area contributed by atoms with Crippen molar-refractivity contribution in [2.45, 2.75) is 211 Å². The molecule has 30 nitrogen and oxygen atoms in total. The number of amides is 10. The van der Waals surface area contributed by atoms with Crippen LogP contribution in [0.1, 0.15) is 139 Å². The molecule has 10 amide bonds. The molecule has 0 radical (unpaired) electrons. The summed E-state index contributed by atoms with van der Waals surface area (Å²) in [5.74, 6) is -9.19. The molecule has 0 aromatic carbocycles. The van der Waals surface area contributed by atoms with Crippen molar-refractivity contribution in [2.75, 3.05) is 44.7 Å². The number of nitrogens with two attached hydrogens (primary N) is 5. The lowest BCUT2D eigenvalue weighted by atomic mass is 9.95. The summed E-state index contributed by atoms with van der Waals surface area (Å²) in [4.78, 5) is 164. The Labute approximate surface area is 514 Å². The molecule has 3 heterocycles. The van der Waals surface area contributed by atoms with E-state index in [2.05, 4.69) is 47.2 Å². The second kappa shape index (κ2) is 36.3. The molecule has 0 spiro atoms. The number of thioether (sulfide) groups is 1. The molecular weight excluding hydrogens is 1150 g/mol. The van der Waals surface area contributed by atoms with Crippen LogP contribution in [0.2, 0.25) is 0 Å². The number of aliphatic hydroxyl groups excluding tert-OH is 1. The van der Waals surface area contributed by atoms with E-state index >= 15 is 0 Å². The molecule has 0 saturated carbocycles. The van der Waals surface area contributed by atoms with Gasteiger partial charge in [-0.25, -0.2) is 4.79 Å². The molecule has 87 heavy (non-hydrogen) atoms. The van der Waals surface area contributed by atoms with E-state index in [1.165, 1.54) is 40.3 Å². The third-order valence-electron chi connectivity index (χ3n) is 15.8. The number of carboxylic acid groups (broad SMARTS) is 1. The van der Waals surface area contributed by atoms with Gasteiger partial charge in [-0.3, -0.25) is 57.9 Å². The Bertz CT molecular complexity index is 2440. The first kappa shape index (κ1) is 74.2. The van der Waals surface area contributed by atoms with E-state index in [0.717, 1.165) is 0 Å². The summed E-state index contributed by atoms with van der Waals surface area (Å²) in [5, 5.41) is 39.4. The van der Waals surface area contributed by atoms with Crippen LogP contribution in [0.25, 0.3) is 0 Å². The van der Waals surface area contributed by atoms with Gasteiger partial charge in [-0.05, 0) is 121 Å². The Balaban J connectivity index is 1.81. The van der Waals surface area contributed by atoms with Crippen LogP contribution in [0.5, 0.6) is 0 Å². The van der Waals surface area contributed by atoms with Crippen molar-refractivity contribution in [3.8, 4) is 0 Å². The molecular formula is C56H99N17O13S. The van der Waals surface area contributed by atoms with E-state index in [4.69, 9.17) is 28.7 Å². The molecule has 0 unspecified atom stereocenters. The lowest BCUT2D eigenvalue weighted by Crippen LogP contribution is -2.62. The third kappa shape index (κ3) is 22.9. The third-order valence-corrected chi connectivity index (χ3v) is 16.4. The van der Waals surface area contributed by atoms with Crippen LogP contribution in [-0.4, -0.2) is 219 Å². The highest BCUT2D eigenvalue weighted by Crippen LogP contribution is 2.26. The SMILES string of the molecule is CC[C@H](C)[C@H](NC(=O)[C@@H](NC(=O)[C@H](CCCN=C(N)N)NC(=O)[C@H](CCCN=C(N)N)NC(=O)[C@@H](N)CCSC)C(C)C)C(=O)N[C@@H](CC(C)C)C(=O)N1CCC[C@H]1C(=O)N[C@H](C(=O)N[C@@H](C)C(=O)N1CCC[C@H]1C(=O)N1CCC[C@H]1C(=O)O)[C@@H](C)O. The van der Waals surface area contributed by atoms with Gasteiger partial charge in [0.15, 0.2) is 11.9 Å². The minimum absolute atomic E-state index is 0.0201. The number of hydrogen-bond donors (Lipinski definition) is 14. The van der Waals surface area contributed by atoms with Crippen LogP contribution in [0.15, 0.2) is 9.98 Å². The molecule has 19 N–H and O–H groups in total. The Morgan fingerprint density at radius 2 is 1.03 bits per heavy atom. The lowest BCUT2D eigenvalue weighted by Gasteiger charge is -2.33. The molecule has 31 heteroatoms. The van der Waals surface area contributed by atoms with Gasteiger partial charge < -0.3 is 90.8 Å². The molecule has 492 valence electrons. The Morgan fingerprint density at radius 1 is 0.563 bits per heavy atom. The Kier molecular flexibility index (Phi) is 31.0. The smallest absolute Gasteiger partial charge is 0.326 e. The average molecular weight is 1250 g/mol. The fraction of sp³-hybridized carbons (Fsp3) is 0.768. The quantitative estimate of drug-likeness (QED) is 0.0169. The Morgan fingerprint density at radius 3 is 1.54 bits per heavy atom. The first-order chi connectivity index (χ1) is 40.9. The standard InChI is InChI=1S/C56H99N17O13S/c1-10-31(6)42(69-48(79)41(30(4)5)68-46(77)36(17-12-23-63-56(60)61)66-45(76)35(16-11-22-62-55(58)59)65-44(75)34(57)21-27-87-9)49(80)67-37(28-29(2)3)52(83)71-24-13-18-38(71)47(78)70-43(33(8)74)50(81)64-32(7)51(82)72-25-14-19-39(72)53(84)73-26-15-20-40(73)54(85)86/h29-43,74H,10-28,57H2,1-9H3,(H,64,81)(H,65,75)(H,66,76)(H,67,80)(H,68,77)(H,69,79)(H,70,78)(H,85,86)(H4,58,59,62)(H4,60,61,63)/t31-,32-,33+,34-,35-,36-,37-,38-,39-,40-,41-,42-,43-/m0/s1. The maximum absolute atomic E-state index is 14.6. The van der Waals surface area contributed by atoms with Gasteiger partial charge >= 0.3 is 5.97 Å². The maximum atomic E-state index is 14.6. The van der Waals surface area contributed by atoms with E-state index in [-0.39, 0.29) is 89.1 Å². The first-order valence-electron chi connectivity index (χ1n) is 30.3. The number of carboxylic acids is 1. The number of aliphatic imine (C=N–C) groups is 2. The lowest BCUT2D eigenvalue weighted by molar-refractivity contribution is -0.152. The summed E-state index contributed by atoms with van der Waals surface area (Å²) in [7, 11) is 0. The fourth-order valence-corrected chi connectivity index (χ4v) is 11.2. The average Bonchev–Trinajstić information content (AvgIpc) is 2.56. The molecule has 0 aromatic heterocycles. The van der Waals surface area contributed by atoms with Crippen LogP contribution < -0.4 is 65.9 Å². The zero-order chi connectivity index (χ0) is 65.4. The van der Waals surface area contributed by atoms with Crippen molar-refractivity contribution in [3.63, 3.8) is 0 Å². The van der Waals surface area contributed by atoms with Gasteiger partial charge in [0.2, 0.25) is 59.1 Å². The second-order valence-electron chi connectivity index (χ2n) is 23.6. The second-order valence-corrected chi connectivity index (χ2v) is 24.6. The van der Waals surface area contributed by atoms with Gasteiger partial charge in [0.05, 0.1) is 12.1 Å². The van der Waals surface area contributed by atoms with Gasteiger partial charge in [-0.15, -0.1) is 0 Å². The van der Waals surface area contributed by atoms with Gasteiger partial charge in [-0.2, -0.15) is 11.8 Å². The molecule has 13 atom stereocenters. The predicted octanol–water partition coefficient (Wildman–Crippen LogP) is -3.23. The number of guanidine groups is 2. The molecule has 0 bridgehead atoms. The first-order valence-corrected chi connectivity index (χ1v) is 31.6. The molecule has 0 aliphatic carbocycles. The summed E-state index contributed by atoms with van der Waals surface area (Å²) >= 11 is 1.49. The van der Waals surface area contributed by atoms with Crippen LogP contribution in [0, 0.1) is 17.8 Å². The molecule has 3 fully saturated rings. The van der Waals surface area contributed by atoms with E-state index in [1.807, 2.05) is 20.1 Å².